The number of nitrogens with zero attached hydrogens (tertiary/aromatic N) is 2. The van der Waals surface area contributed by atoms with Crippen LogP contribution in [0.3, 0.4) is 0 Å². The summed E-state index contributed by atoms with van der Waals surface area (Å²) >= 11 is 1.26. The van der Waals surface area contributed by atoms with Gasteiger partial charge in [-0.05, 0) is 67.4 Å². The lowest BCUT2D eigenvalue weighted by atomic mass is 9.95. The van der Waals surface area contributed by atoms with Crippen molar-refractivity contribution in [2.24, 2.45) is 0 Å². The minimum atomic E-state index is -3.45. The largest absolute Gasteiger partial charge is 0.374 e. The SMILES string of the molecule is CN1CCCc2cc([C@H](CNS(=O)(=O)c3cccs3)N3CCCCC3)ccc21. The van der Waals surface area contributed by atoms with E-state index in [4.69, 9.17) is 0 Å². The van der Waals surface area contributed by atoms with Crippen molar-refractivity contribution in [2.75, 3.05) is 38.1 Å². The van der Waals surface area contributed by atoms with Gasteiger partial charge in [-0.15, -0.1) is 11.3 Å². The van der Waals surface area contributed by atoms with Gasteiger partial charge in [0.05, 0.1) is 0 Å². The first-order valence-corrected chi connectivity index (χ1v) is 12.5. The highest BCUT2D eigenvalue weighted by atomic mass is 32.2. The number of anilines is 1. The first kappa shape index (κ1) is 19.9. The lowest BCUT2D eigenvalue weighted by Crippen LogP contribution is -2.40. The van der Waals surface area contributed by atoms with Crippen molar-refractivity contribution in [3.63, 3.8) is 0 Å². The van der Waals surface area contributed by atoms with E-state index in [1.165, 1.54) is 53.8 Å². The van der Waals surface area contributed by atoms with E-state index in [9.17, 15) is 8.42 Å². The number of aryl methyl sites for hydroxylation is 1. The maximum Gasteiger partial charge on any atom is 0.250 e. The zero-order valence-electron chi connectivity index (χ0n) is 16.4. The predicted octanol–water partition coefficient (Wildman–Crippen LogP) is 3.64. The molecule has 1 atom stereocenters. The van der Waals surface area contributed by atoms with Gasteiger partial charge in [0.15, 0.2) is 0 Å². The number of sulfonamides is 1. The van der Waals surface area contributed by atoms with Gasteiger partial charge < -0.3 is 4.90 Å². The summed E-state index contributed by atoms with van der Waals surface area (Å²) in [5.74, 6) is 0. The molecule has 3 heterocycles. The molecule has 5 nitrogen and oxygen atoms in total. The molecule has 2 aliphatic heterocycles. The molecule has 0 spiro atoms. The van der Waals surface area contributed by atoms with Crippen molar-refractivity contribution in [1.29, 1.82) is 0 Å². The van der Waals surface area contributed by atoms with Crippen molar-refractivity contribution >= 4 is 27.0 Å². The Morgan fingerprint density at radius 3 is 2.68 bits per heavy atom. The van der Waals surface area contributed by atoms with Crippen LogP contribution in [0.15, 0.2) is 39.9 Å². The summed E-state index contributed by atoms with van der Waals surface area (Å²) in [5.41, 5.74) is 3.92. The molecule has 0 unspecified atom stereocenters. The van der Waals surface area contributed by atoms with Crippen LogP contribution in [0.25, 0.3) is 0 Å². The molecule has 2 aromatic rings. The third-order valence-electron chi connectivity index (χ3n) is 5.90. The van der Waals surface area contributed by atoms with E-state index >= 15 is 0 Å². The predicted molar refractivity (Wildman–Crippen MR) is 116 cm³/mol. The molecule has 1 N–H and O–H groups in total. The zero-order valence-corrected chi connectivity index (χ0v) is 18.1. The minimum Gasteiger partial charge on any atom is -0.374 e. The maximum absolute atomic E-state index is 12.7. The number of rotatable bonds is 6. The van der Waals surface area contributed by atoms with E-state index < -0.39 is 10.0 Å². The number of likely N-dealkylation sites (tertiary alicyclic amines) is 1. The Balaban J connectivity index is 1.59. The highest BCUT2D eigenvalue weighted by molar-refractivity contribution is 7.91. The minimum absolute atomic E-state index is 0.0765. The summed E-state index contributed by atoms with van der Waals surface area (Å²) in [6.45, 7) is 3.57. The third kappa shape index (κ3) is 4.27. The molecule has 28 heavy (non-hydrogen) atoms. The van der Waals surface area contributed by atoms with Crippen LogP contribution in [0, 0.1) is 0 Å². The number of benzene rings is 1. The summed E-state index contributed by atoms with van der Waals surface area (Å²) < 4.78 is 28.6. The van der Waals surface area contributed by atoms with Gasteiger partial charge in [-0.2, -0.15) is 0 Å². The molecule has 1 fully saturated rings. The number of hydrogen-bond donors (Lipinski definition) is 1. The second-order valence-corrected chi connectivity index (χ2v) is 10.8. The van der Waals surface area contributed by atoms with Gasteiger partial charge in [0, 0.05) is 31.9 Å². The number of hydrogen-bond acceptors (Lipinski definition) is 5. The van der Waals surface area contributed by atoms with Gasteiger partial charge in [-0.3, -0.25) is 4.90 Å². The molecule has 0 saturated carbocycles. The van der Waals surface area contributed by atoms with Crippen LogP contribution in [-0.4, -0.2) is 46.5 Å². The summed E-state index contributed by atoms with van der Waals surface area (Å²) in [7, 11) is -1.30. The maximum atomic E-state index is 12.7. The quantitative estimate of drug-likeness (QED) is 0.777. The normalized spacial score (nSPS) is 19.4. The second kappa shape index (κ2) is 8.53. The topological polar surface area (TPSA) is 52.7 Å². The van der Waals surface area contributed by atoms with Crippen molar-refractivity contribution < 1.29 is 8.42 Å². The molecule has 1 aromatic carbocycles. The molecule has 0 bridgehead atoms. The molecule has 1 saturated heterocycles. The van der Waals surface area contributed by atoms with Gasteiger partial charge >= 0.3 is 0 Å². The summed E-state index contributed by atoms with van der Waals surface area (Å²) in [4.78, 5) is 4.77. The van der Waals surface area contributed by atoms with Crippen molar-refractivity contribution in [3.8, 4) is 0 Å². The number of nitrogens with one attached hydrogen (secondary N) is 1. The van der Waals surface area contributed by atoms with Crippen LogP contribution in [0.1, 0.15) is 42.9 Å². The van der Waals surface area contributed by atoms with E-state index in [-0.39, 0.29) is 6.04 Å². The monoisotopic (exact) mass is 419 g/mol. The molecule has 0 radical (unpaired) electrons. The van der Waals surface area contributed by atoms with Crippen LogP contribution < -0.4 is 9.62 Å². The van der Waals surface area contributed by atoms with Crippen molar-refractivity contribution in [2.45, 2.75) is 42.4 Å². The molecular formula is C21H29N3O2S2. The first-order chi connectivity index (χ1) is 13.5. The fourth-order valence-corrected chi connectivity index (χ4v) is 6.45. The smallest absolute Gasteiger partial charge is 0.250 e. The van der Waals surface area contributed by atoms with Crippen LogP contribution in [0.5, 0.6) is 0 Å². The van der Waals surface area contributed by atoms with Crippen LogP contribution >= 0.6 is 11.3 Å². The van der Waals surface area contributed by atoms with Gasteiger partial charge in [-0.25, -0.2) is 13.1 Å². The molecule has 0 aliphatic carbocycles. The fourth-order valence-electron chi connectivity index (χ4n) is 4.38. The van der Waals surface area contributed by atoms with E-state index in [1.807, 2.05) is 0 Å². The molecule has 7 heteroatoms. The Bertz CT molecular complexity index is 890. The van der Waals surface area contributed by atoms with E-state index in [1.54, 1.807) is 17.5 Å². The molecule has 1 aromatic heterocycles. The Labute approximate surface area is 172 Å². The highest BCUT2D eigenvalue weighted by Crippen LogP contribution is 2.32. The van der Waals surface area contributed by atoms with Gasteiger partial charge in [-0.1, -0.05) is 24.6 Å². The van der Waals surface area contributed by atoms with E-state index in [2.05, 4.69) is 39.8 Å². The Morgan fingerprint density at radius 2 is 1.93 bits per heavy atom. The molecule has 4 rings (SSSR count). The Morgan fingerprint density at radius 1 is 1.11 bits per heavy atom. The average molecular weight is 420 g/mol. The number of fused-ring (bicyclic) bond motifs is 1. The van der Waals surface area contributed by atoms with E-state index in [0.717, 1.165) is 26.1 Å². The molecule has 152 valence electrons. The second-order valence-electron chi connectivity index (χ2n) is 7.81. The van der Waals surface area contributed by atoms with Gasteiger partial charge in [0.25, 0.3) is 0 Å². The number of thiophene rings is 1. The highest BCUT2D eigenvalue weighted by Gasteiger charge is 2.26. The molecular weight excluding hydrogens is 390 g/mol. The van der Waals surface area contributed by atoms with Crippen LogP contribution in [0.2, 0.25) is 0 Å². The molecule has 2 aliphatic rings. The zero-order chi connectivity index (χ0) is 19.6. The average Bonchev–Trinajstić information content (AvgIpc) is 3.25. The number of piperidine rings is 1. The third-order valence-corrected chi connectivity index (χ3v) is 8.72. The lowest BCUT2D eigenvalue weighted by Gasteiger charge is -2.36. The standard InChI is InChI=1S/C21H29N3O2S2/c1-23-11-5-7-17-15-18(9-10-19(17)23)20(24-12-3-2-4-13-24)16-22-28(25,26)21-8-6-14-27-21/h6,8-10,14-15,20,22H,2-5,7,11-13,16H2,1H3/t20-/m0/s1. The summed E-state index contributed by atoms with van der Waals surface area (Å²) in [6, 6.07) is 10.2. The first-order valence-electron chi connectivity index (χ1n) is 10.2. The van der Waals surface area contributed by atoms with Crippen molar-refractivity contribution in [1.82, 2.24) is 9.62 Å². The molecule has 0 amide bonds. The van der Waals surface area contributed by atoms with Crippen LogP contribution in [0.4, 0.5) is 5.69 Å². The Hall–Kier alpha value is -1.41. The summed E-state index contributed by atoms with van der Waals surface area (Å²) in [6.07, 6.45) is 5.90. The fraction of sp³-hybridized carbons (Fsp3) is 0.524. The van der Waals surface area contributed by atoms with Gasteiger partial charge in [0.2, 0.25) is 10.0 Å². The van der Waals surface area contributed by atoms with Gasteiger partial charge in [0.1, 0.15) is 4.21 Å². The van der Waals surface area contributed by atoms with Crippen molar-refractivity contribution in [3.05, 3.63) is 46.8 Å². The van der Waals surface area contributed by atoms with Crippen LogP contribution in [-0.2, 0) is 16.4 Å². The lowest BCUT2D eigenvalue weighted by molar-refractivity contribution is 0.164. The summed E-state index contributed by atoms with van der Waals surface area (Å²) in [5, 5.41) is 1.80. The Kier molecular flexibility index (Phi) is 6.06. The van der Waals surface area contributed by atoms with E-state index in [0.29, 0.717) is 10.8 Å².